The SMILES string of the molecule is Cc1cc(-c2ccc(-c3cc(CC(=O)O)c(-c4cccc(S(C)(=O)=O)c4)s3)s2)sc1-c1cccc(S(C)(=O)=O)c1. The quantitative estimate of drug-likeness (QED) is 0.194. The second kappa shape index (κ2) is 10.7. The molecule has 1 N–H and O–H groups in total. The number of thiophene rings is 3. The van der Waals surface area contributed by atoms with Gasteiger partial charge < -0.3 is 5.11 Å². The van der Waals surface area contributed by atoms with Crippen LogP contribution in [0.2, 0.25) is 0 Å². The van der Waals surface area contributed by atoms with E-state index in [4.69, 9.17) is 0 Å². The molecule has 0 radical (unpaired) electrons. The highest BCUT2D eigenvalue weighted by Crippen LogP contribution is 2.46. The van der Waals surface area contributed by atoms with E-state index in [1.54, 1.807) is 59.1 Å². The fourth-order valence-corrected chi connectivity index (χ4v) is 9.17. The average molecular weight is 629 g/mol. The summed E-state index contributed by atoms with van der Waals surface area (Å²) in [7, 11) is -6.73. The number of hydrogen-bond acceptors (Lipinski definition) is 8. The topological polar surface area (TPSA) is 106 Å². The van der Waals surface area contributed by atoms with Crippen molar-refractivity contribution in [2.24, 2.45) is 0 Å². The summed E-state index contributed by atoms with van der Waals surface area (Å²) in [6.07, 6.45) is 2.18. The van der Waals surface area contributed by atoms with Crippen LogP contribution in [-0.2, 0) is 30.9 Å². The van der Waals surface area contributed by atoms with E-state index < -0.39 is 25.6 Å². The van der Waals surface area contributed by atoms with Gasteiger partial charge in [0.1, 0.15) is 0 Å². The Morgan fingerprint density at radius 1 is 0.675 bits per heavy atom. The Morgan fingerprint density at radius 2 is 1.18 bits per heavy atom. The maximum atomic E-state index is 12.1. The number of aryl methyl sites for hydroxylation is 1. The van der Waals surface area contributed by atoms with E-state index >= 15 is 0 Å². The van der Waals surface area contributed by atoms with Crippen LogP contribution in [0.4, 0.5) is 0 Å². The molecule has 0 atom stereocenters. The predicted molar refractivity (Wildman–Crippen MR) is 164 cm³/mol. The first kappa shape index (κ1) is 28.4. The van der Waals surface area contributed by atoms with Crippen LogP contribution in [0, 0.1) is 6.92 Å². The van der Waals surface area contributed by atoms with E-state index in [1.807, 2.05) is 31.2 Å². The van der Waals surface area contributed by atoms with Gasteiger partial charge in [0, 0.05) is 41.8 Å². The Kier molecular flexibility index (Phi) is 7.62. The van der Waals surface area contributed by atoms with Crippen molar-refractivity contribution in [2.45, 2.75) is 23.1 Å². The molecule has 6 nitrogen and oxygen atoms in total. The van der Waals surface area contributed by atoms with Crippen LogP contribution in [0.3, 0.4) is 0 Å². The van der Waals surface area contributed by atoms with Gasteiger partial charge in [0.2, 0.25) is 0 Å². The first-order chi connectivity index (χ1) is 18.8. The maximum Gasteiger partial charge on any atom is 0.307 e. The molecule has 206 valence electrons. The average Bonchev–Trinajstić information content (AvgIpc) is 3.61. The van der Waals surface area contributed by atoms with E-state index in [9.17, 15) is 26.7 Å². The molecule has 0 bridgehead atoms. The Balaban J connectivity index is 1.51. The molecule has 0 saturated heterocycles. The smallest absolute Gasteiger partial charge is 0.307 e. The summed E-state index contributed by atoms with van der Waals surface area (Å²) in [6.45, 7) is 2.01. The molecule has 0 aliphatic heterocycles. The molecule has 3 heterocycles. The monoisotopic (exact) mass is 628 g/mol. The minimum atomic E-state index is -3.41. The Hall–Kier alpha value is -3.09. The van der Waals surface area contributed by atoms with E-state index in [1.165, 1.54) is 23.7 Å². The zero-order chi connectivity index (χ0) is 28.8. The van der Waals surface area contributed by atoms with Gasteiger partial charge in [-0.15, -0.1) is 34.0 Å². The molecular weight excluding hydrogens is 605 g/mol. The summed E-state index contributed by atoms with van der Waals surface area (Å²) in [5.41, 5.74) is 3.20. The molecule has 0 saturated carbocycles. The van der Waals surface area contributed by atoms with E-state index in [0.717, 1.165) is 46.6 Å². The Morgan fingerprint density at radius 3 is 1.70 bits per heavy atom. The third-order valence-electron chi connectivity index (χ3n) is 6.21. The number of hydrogen-bond donors (Lipinski definition) is 1. The highest BCUT2D eigenvalue weighted by Gasteiger charge is 2.19. The number of carboxylic acid groups (broad SMARTS) is 1. The summed E-state index contributed by atoms with van der Waals surface area (Å²) in [6, 6.07) is 21.5. The number of rotatable bonds is 8. The van der Waals surface area contributed by atoms with Crippen molar-refractivity contribution in [1.82, 2.24) is 0 Å². The molecule has 5 rings (SSSR count). The zero-order valence-corrected chi connectivity index (χ0v) is 25.7. The normalized spacial score (nSPS) is 12.1. The number of carbonyl (C=O) groups is 1. The van der Waals surface area contributed by atoms with Crippen LogP contribution in [0.1, 0.15) is 11.1 Å². The lowest BCUT2D eigenvalue weighted by atomic mass is 10.1. The number of sulfone groups is 2. The summed E-state index contributed by atoms with van der Waals surface area (Å²) in [5.74, 6) is -0.960. The van der Waals surface area contributed by atoms with Crippen molar-refractivity contribution in [3.8, 4) is 40.4 Å². The first-order valence-corrected chi connectivity index (χ1v) is 18.2. The van der Waals surface area contributed by atoms with Crippen molar-refractivity contribution in [3.63, 3.8) is 0 Å². The van der Waals surface area contributed by atoms with Crippen LogP contribution < -0.4 is 0 Å². The van der Waals surface area contributed by atoms with Crippen LogP contribution in [0.15, 0.2) is 82.6 Å². The molecule has 0 unspecified atom stereocenters. The molecule has 0 aliphatic rings. The van der Waals surface area contributed by atoms with E-state index in [0.29, 0.717) is 11.1 Å². The number of aliphatic carboxylic acids is 1. The molecule has 2 aromatic carbocycles. The highest BCUT2D eigenvalue weighted by atomic mass is 32.2. The molecule has 0 fully saturated rings. The largest absolute Gasteiger partial charge is 0.481 e. The molecule has 0 spiro atoms. The second-order valence-corrected chi connectivity index (χ2v) is 16.6. The minimum absolute atomic E-state index is 0.173. The molecule has 40 heavy (non-hydrogen) atoms. The van der Waals surface area contributed by atoms with Crippen molar-refractivity contribution in [1.29, 1.82) is 0 Å². The van der Waals surface area contributed by atoms with Gasteiger partial charge in [-0.05, 0) is 77.7 Å². The molecular formula is C29H24O6S5. The van der Waals surface area contributed by atoms with Crippen LogP contribution in [-0.4, -0.2) is 40.4 Å². The van der Waals surface area contributed by atoms with Gasteiger partial charge in [0.05, 0.1) is 16.2 Å². The maximum absolute atomic E-state index is 12.1. The number of carboxylic acids is 1. The van der Waals surface area contributed by atoms with Crippen molar-refractivity contribution < 1.29 is 26.7 Å². The van der Waals surface area contributed by atoms with E-state index in [2.05, 4.69) is 6.07 Å². The highest BCUT2D eigenvalue weighted by molar-refractivity contribution is 7.91. The fraction of sp³-hybridized carbons (Fsp3) is 0.138. The van der Waals surface area contributed by atoms with Gasteiger partial charge in [0.25, 0.3) is 0 Å². The van der Waals surface area contributed by atoms with Crippen molar-refractivity contribution in [2.75, 3.05) is 12.5 Å². The van der Waals surface area contributed by atoms with E-state index in [-0.39, 0.29) is 16.2 Å². The van der Waals surface area contributed by atoms with Crippen LogP contribution in [0.25, 0.3) is 40.4 Å². The lowest BCUT2D eigenvalue weighted by molar-refractivity contribution is -0.136. The second-order valence-electron chi connectivity index (χ2n) is 9.42. The third-order valence-corrected chi connectivity index (χ3v) is 12.4. The van der Waals surface area contributed by atoms with Gasteiger partial charge in [-0.2, -0.15) is 0 Å². The predicted octanol–water partition coefficient (Wildman–Crippen LogP) is 7.28. The van der Waals surface area contributed by atoms with Gasteiger partial charge in [-0.25, -0.2) is 16.8 Å². The molecule has 0 amide bonds. The molecule has 3 aromatic heterocycles. The fourth-order valence-electron chi connectivity index (χ4n) is 4.32. The summed E-state index contributed by atoms with van der Waals surface area (Å²) >= 11 is 4.63. The molecule has 0 aliphatic carbocycles. The lowest BCUT2D eigenvalue weighted by Crippen LogP contribution is -2.00. The van der Waals surface area contributed by atoms with Crippen molar-refractivity contribution >= 4 is 59.7 Å². The molecule has 5 aromatic rings. The minimum Gasteiger partial charge on any atom is -0.481 e. The lowest BCUT2D eigenvalue weighted by Gasteiger charge is -2.04. The summed E-state index contributed by atoms with van der Waals surface area (Å²) in [5, 5.41) is 9.52. The van der Waals surface area contributed by atoms with Gasteiger partial charge in [-0.1, -0.05) is 24.3 Å². The molecule has 11 heteroatoms. The van der Waals surface area contributed by atoms with Crippen LogP contribution in [0.5, 0.6) is 0 Å². The Bertz CT molecular complexity index is 1970. The van der Waals surface area contributed by atoms with Crippen LogP contribution >= 0.6 is 34.0 Å². The Labute approximate surface area is 245 Å². The van der Waals surface area contributed by atoms with Crippen molar-refractivity contribution in [3.05, 3.63) is 83.9 Å². The van der Waals surface area contributed by atoms with Gasteiger partial charge in [-0.3, -0.25) is 4.79 Å². The van der Waals surface area contributed by atoms with Gasteiger partial charge >= 0.3 is 5.97 Å². The summed E-state index contributed by atoms with van der Waals surface area (Å²) < 4.78 is 48.3. The standard InChI is InChI=1S/C29H24O6S5/c1-17-12-25(37-28(17)18-6-4-8-21(13-18)39(2,32)33)23-10-11-24(36-23)26-15-20(16-27(30)31)29(38-26)19-7-5-9-22(14-19)40(3,34)35/h4-15H,16H2,1-3H3,(H,30,31). The first-order valence-electron chi connectivity index (χ1n) is 12.0. The number of benzene rings is 2. The summed E-state index contributed by atoms with van der Waals surface area (Å²) in [4.78, 5) is 17.8. The zero-order valence-electron chi connectivity index (χ0n) is 21.7. The van der Waals surface area contributed by atoms with Gasteiger partial charge in [0.15, 0.2) is 19.7 Å². The third kappa shape index (κ3) is 5.98.